The lowest BCUT2D eigenvalue weighted by molar-refractivity contribution is -0.122. The number of amides is 2. The van der Waals surface area contributed by atoms with Gasteiger partial charge in [0.05, 0.1) is 10.6 Å². The number of nitrogens with one attached hydrogen (secondary N) is 1. The van der Waals surface area contributed by atoms with Crippen molar-refractivity contribution in [3.8, 4) is 11.3 Å². The number of ether oxygens (including phenoxy) is 1. The normalized spacial score (nSPS) is 15.9. The second-order valence-electron chi connectivity index (χ2n) is 7.54. The van der Waals surface area contributed by atoms with E-state index in [1.54, 1.807) is 30.3 Å². The zero-order valence-corrected chi connectivity index (χ0v) is 18.3. The van der Waals surface area contributed by atoms with Crippen LogP contribution in [0.4, 0.5) is 0 Å². The molecule has 166 valence electrons. The van der Waals surface area contributed by atoms with Gasteiger partial charge in [0, 0.05) is 37.1 Å². The molecule has 0 unspecified atom stereocenters. The number of carbonyl (C=O) groups is 2. The number of carbonyl (C=O) groups excluding carboxylic acids is 2. The Morgan fingerprint density at radius 2 is 1.81 bits per heavy atom. The standard InChI is InChI=1S/C22H27N3O5S/c1-2-3-12-24-20(26)17-6-4-16(5-7-17)19-9-8-18(15-25-19)31(28,29)22(21(23)27)10-13-30-14-11-22/h4-9,15H,2-3,10-14H2,1H3,(H2,23,27)(H,24,26). The number of hydrogen-bond donors (Lipinski definition) is 2. The number of rotatable bonds is 8. The zero-order chi connectivity index (χ0) is 22.5. The van der Waals surface area contributed by atoms with E-state index in [0.717, 1.165) is 18.4 Å². The van der Waals surface area contributed by atoms with E-state index in [9.17, 15) is 18.0 Å². The highest BCUT2D eigenvalue weighted by Crippen LogP contribution is 2.35. The van der Waals surface area contributed by atoms with Crippen molar-refractivity contribution in [1.82, 2.24) is 10.3 Å². The van der Waals surface area contributed by atoms with Crippen molar-refractivity contribution in [2.24, 2.45) is 5.73 Å². The highest BCUT2D eigenvalue weighted by Gasteiger charge is 2.51. The lowest BCUT2D eigenvalue weighted by atomic mass is 9.98. The van der Waals surface area contributed by atoms with Crippen LogP contribution in [0.2, 0.25) is 0 Å². The van der Waals surface area contributed by atoms with Crippen LogP contribution >= 0.6 is 0 Å². The Morgan fingerprint density at radius 1 is 1.13 bits per heavy atom. The molecule has 1 saturated heterocycles. The molecule has 0 atom stereocenters. The van der Waals surface area contributed by atoms with Crippen LogP contribution in [0.25, 0.3) is 11.3 Å². The smallest absolute Gasteiger partial charge is 0.251 e. The summed E-state index contributed by atoms with van der Waals surface area (Å²) >= 11 is 0. The lowest BCUT2D eigenvalue weighted by Crippen LogP contribution is -2.53. The molecule has 31 heavy (non-hydrogen) atoms. The molecule has 9 heteroatoms. The Morgan fingerprint density at radius 3 is 2.35 bits per heavy atom. The molecule has 0 radical (unpaired) electrons. The third kappa shape index (κ3) is 4.62. The predicted molar refractivity (Wildman–Crippen MR) is 116 cm³/mol. The summed E-state index contributed by atoms with van der Waals surface area (Å²) in [5.74, 6) is -1.00. The largest absolute Gasteiger partial charge is 0.381 e. The van der Waals surface area contributed by atoms with E-state index >= 15 is 0 Å². The molecule has 0 bridgehead atoms. The average molecular weight is 446 g/mol. The maximum Gasteiger partial charge on any atom is 0.251 e. The SMILES string of the molecule is CCCCNC(=O)c1ccc(-c2ccc(S(=O)(=O)C3(C(N)=O)CCOCC3)cn2)cc1. The number of nitrogens with zero attached hydrogens (tertiary/aromatic N) is 1. The number of primary amides is 1. The fourth-order valence-corrected chi connectivity index (χ4v) is 5.42. The first-order valence-corrected chi connectivity index (χ1v) is 11.8. The van der Waals surface area contributed by atoms with E-state index in [0.29, 0.717) is 17.8 Å². The van der Waals surface area contributed by atoms with Crippen molar-refractivity contribution >= 4 is 21.7 Å². The maximum atomic E-state index is 13.2. The Labute approximate surface area is 182 Å². The van der Waals surface area contributed by atoms with Crippen LogP contribution < -0.4 is 11.1 Å². The van der Waals surface area contributed by atoms with E-state index < -0.39 is 20.5 Å². The fraction of sp³-hybridized carbons (Fsp3) is 0.409. The molecule has 1 fully saturated rings. The summed E-state index contributed by atoms with van der Waals surface area (Å²) in [6.45, 7) is 3.01. The Balaban J connectivity index is 1.80. The van der Waals surface area contributed by atoms with Gasteiger partial charge in [-0.25, -0.2) is 8.42 Å². The maximum absolute atomic E-state index is 13.2. The quantitative estimate of drug-likeness (QED) is 0.599. The van der Waals surface area contributed by atoms with Gasteiger partial charge in [-0.15, -0.1) is 0 Å². The minimum Gasteiger partial charge on any atom is -0.381 e. The number of hydrogen-bond acceptors (Lipinski definition) is 6. The molecule has 0 saturated carbocycles. The van der Waals surface area contributed by atoms with Crippen molar-refractivity contribution < 1.29 is 22.7 Å². The summed E-state index contributed by atoms with van der Waals surface area (Å²) in [4.78, 5) is 28.4. The first kappa shape index (κ1) is 22.9. The molecule has 0 aliphatic carbocycles. The number of benzene rings is 1. The van der Waals surface area contributed by atoms with Gasteiger partial charge in [-0.2, -0.15) is 0 Å². The van der Waals surface area contributed by atoms with Gasteiger partial charge in [-0.1, -0.05) is 25.5 Å². The summed E-state index contributed by atoms with van der Waals surface area (Å²) in [7, 11) is -4.02. The molecule has 1 aromatic heterocycles. The van der Waals surface area contributed by atoms with Crippen molar-refractivity contribution in [3.05, 3.63) is 48.2 Å². The second kappa shape index (κ2) is 9.57. The van der Waals surface area contributed by atoms with Crippen LogP contribution in [-0.2, 0) is 19.4 Å². The average Bonchev–Trinajstić information content (AvgIpc) is 2.79. The van der Waals surface area contributed by atoms with E-state index in [-0.39, 0.29) is 36.9 Å². The summed E-state index contributed by atoms with van der Waals surface area (Å²) in [5, 5.41) is 2.86. The molecular formula is C22H27N3O5S. The molecule has 1 aliphatic rings. The van der Waals surface area contributed by atoms with Crippen LogP contribution in [0, 0.1) is 0 Å². The van der Waals surface area contributed by atoms with E-state index in [1.165, 1.54) is 12.3 Å². The zero-order valence-electron chi connectivity index (χ0n) is 17.5. The Kier molecular flexibility index (Phi) is 7.07. The molecule has 2 heterocycles. The third-order valence-electron chi connectivity index (χ3n) is 5.57. The van der Waals surface area contributed by atoms with Gasteiger partial charge >= 0.3 is 0 Å². The molecule has 0 spiro atoms. The number of pyridine rings is 1. The van der Waals surface area contributed by atoms with Gasteiger partial charge < -0.3 is 15.8 Å². The summed E-state index contributed by atoms with van der Waals surface area (Å²) in [5.41, 5.74) is 7.33. The van der Waals surface area contributed by atoms with Gasteiger partial charge in [0.25, 0.3) is 5.91 Å². The van der Waals surface area contributed by atoms with Gasteiger partial charge in [-0.3, -0.25) is 14.6 Å². The molecule has 1 aliphatic heterocycles. The number of aromatic nitrogens is 1. The highest BCUT2D eigenvalue weighted by atomic mass is 32.2. The Bertz CT molecular complexity index is 1030. The minimum atomic E-state index is -4.02. The summed E-state index contributed by atoms with van der Waals surface area (Å²) in [6.07, 6.45) is 3.22. The summed E-state index contributed by atoms with van der Waals surface area (Å²) in [6, 6.07) is 9.93. The molecule has 2 amide bonds. The van der Waals surface area contributed by atoms with Gasteiger partial charge in [0.1, 0.15) is 0 Å². The predicted octanol–water partition coefficient (Wildman–Crippen LogP) is 2.09. The monoisotopic (exact) mass is 445 g/mol. The lowest BCUT2D eigenvalue weighted by Gasteiger charge is -2.33. The molecule has 3 rings (SSSR count). The first-order valence-electron chi connectivity index (χ1n) is 10.3. The van der Waals surface area contributed by atoms with Gasteiger partial charge in [0.2, 0.25) is 5.91 Å². The van der Waals surface area contributed by atoms with Crippen LogP contribution in [0.3, 0.4) is 0 Å². The van der Waals surface area contributed by atoms with E-state index in [1.807, 2.05) is 0 Å². The Hall–Kier alpha value is -2.78. The molecule has 8 nitrogen and oxygen atoms in total. The number of nitrogens with two attached hydrogens (primary N) is 1. The van der Waals surface area contributed by atoms with Crippen LogP contribution in [0.5, 0.6) is 0 Å². The van der Waals surface area contributed by atoms with E-state index in [4.69, 9.17) is 10.5 Å². The summed E-state index contributed by atoms with van der Waals surface area (Å²) < 4.78 is 29.9. The number of unbranched alkanes of at least 4 members (excludes halogenated alkanes) is 1. The van der Waals surface area contributed by atoms with Crippen molar-refractivity contribution in [2.75, 3.05) is 19.8 Å². The topological polar surface area (TPSA) is 128 Å². The molecule has 3 N–H and O–H groups in total. The number of sulfone groups is 1. The van der Waals surface area contributed by atoms with Gasteiger partial charge in [-0.05, 0) is 43.5 Å². The van der Waals surface area contributed by atoms with Crippen molar-refractivity contribution in [2.45, 2.75) is 42.2 Å². The van der Waals surface area contributed by atoms with Crippen LogP contribution in [-0.4, -0.2) is 49.7 Å². The fourth-order valence-electron chi connectivity index (χ4n) is 3.56. The molecule has 1 aromatic carbocycles. The molecular weight excluding hydrogens is 418 g/mol. The second-order valence-corrected chi connectivity index (χ2v) is 9.80. The van der Waals surface area contributed by atoms with Crippen LogP contribution in [0.1, 0.15) is 43.0 Å². The minimum absolute atomic E-state index is 0.0220. The molecule has 2 aromatic rings. The van der Waals surface area contributed by atoms with Crippen LogP contribution in [0.15, 0.2) is 47.5 Å². The van der Waals surface area contributed by atoms with Crippen molar-refractivity contribution in [3.63, 3.8) is 0 Å². The third-order valence-corrected chi connectivity index (χ3v) is 8.07. The van der Waals surface area contributed by atoms with Gasteiger partial charge in [0.15, 0.2) is 14.6 Å². The first-order chi connectivity index (χ1) is 14.8. The van der Waals surface area contributed by atoms with E-state index in [2.05, 4.69) is 17.2 Å². The highest BCUT2D eigenvalue weighted by molar-refractivity contribution is 7.93. The van der Waals surface area contributed by atoms with Crippen molar-refractivity contribution in [1.29, 1.82) is 0 Å².